The Morgan fingerprint density at radius 2 is 2.18 bits per heavy atom. The Balaban J connectivity index is 1.75. The van der Waals surface area contributed by atoms with Crippen LogP contribution in [0.2, 0.25) is 0 Å². The monoisotopic (exact) mass is 303 g/mol. The molecule has 3 atom stereocenters. The number of hydrogen-bond acceptors (Lipinski definition) is 4. The number of hydrogen-bond donors (Lipinski definition) is 2. The molecule has 5 heteroatoms. The van der Waals surface area contributed by atoms with Crippen molar-refractivity contribution in [1.29, 1.82) is 0 Å². The van der Waals surface area contributed by atoms with Crippen molar-refractivity contribution >= 4 is 16.9 Å². The van der Waals surface area contributed by atoms with E-state index in [-0.39, 0.29) is 23.8 Å². The van der Waals surface area contributed by atoms with Crippen molar-refractivity contribution in [3.8, 4) is 0 Å². The molecule has 118 valence electrons. The minimum absolute atomic E-state index is 0.225. The number of carbonyl (C=O) groups excluding carboxylic acids is 1. The topological polar surface area (TPSA) is 71.7 Å². The van der Waals surface area contributed by atoms with E-state index >= 15 is 0 Å². The summed E-state index contributed by atoms with van der Waals surface area (Å²) < 4.78 is 10.8. The molecule has 0 unspecified atom stereocenters. The van der Waals surface area contributed by atoms with E-state index in [4.69, 9.17) is 9.15 Å². The quantitative estimate of drug-likeness (QED) is 0.913. The second-order valence-electron chi connectivity index (χ2n) is 5.93. The summed E-state index contributed by atoms with van der Waals surface area (Å²) in [6.07, 6.45) is 1.56. The highest BCUT2D eigenvalue weighted by Gasteiger charge is 2.33. The summed E-state index contributed by atoms with van der Waals surface area (Å²) in [6.45, 7) is 2.00. The molecule has 22 heavy (non-hydrogen) atoms. The lowest BCUT2D eigenvalue weighted by molar-refractivity contribution is -0.0514. The first-order valence-electron chi connectivity index (χ1n) is 7.60. The smallest absolute Gasteiger partial charge is 0.287 e. The van der Waals surface area contributed by atoms with Crippen molar-refractivity contribution in [1.82, 2.24) is 5.32 Å². The molecule has 0 spiro atoms. The van der Waals surface area contributed by atoms with Crippen molar-refractivity contribution < 1.29 is 19.1 Å². The molecule has 1 aromatic carbocycles. The van der Waals surface area contributed by atoms with E-state index < -0.39 is 6.10 Å². The lowest BCUT2D eigenvalue weighted by Gasteiger charge is -2.34. The first kappa shape index (κ1) is 15.1. The fourth-order valence-corrected chi connectivity index (χ4v) is 3.07. The van der Waals surface area contributed by atoms with Gasteiger partial charge in [-0.2, -0.15) is 0 Å². The Bertz CT molecular complexity index is 678. The molecule has 1 saturated carbocycles. The molecule has 3 rings (SSSR count). The van der Waals surface area contributed by atoms with E-state index in [1.807, 2.05) is 25.1 Å². The number of fused-ring (bicyclic) bond motifs is 1. The lowest BCUT2D eigenvalue weighted by Crippen LogP contribution is -2.51. The highest BCUT2D eigenvalue weighted by atomic mass is 16.5. The largest absolute Gasteiger partial charge is 0.451 e. The maximum absolute atomic E-state index is 12.4. The maximum atomic E-state index is 12.4. The predicted molar refractivity (Wildman–Crippen MR) is 82.9 cm³/mol. The lowest BCUT2D eigenvalue weighted by atomic mass is 9.90. The molecule has 1 heterocycles. The number of furan rings is 1. The second kappa shape index (κ2) is 6.10. The molecule has 0 radical (unpaired) electrons. The summed E-state index contributed by atoms with van der Waals surface area (Å²) in [5.41, 5.74) is 1.81. The third-order valence-corrected chi connectivity index (χ3v) is 4.31. The molecule has 2 N–H and O–H groups in total. The van der Waals surface area contributed by atoms with Crippen LogP contribution in [0.5, 0.6) is 0 Å². The van der Waals surface area contributed by atoms with Gasteiger partial charge in [0.05, 0.1) is 12.1 Å². The number of nitrogens with one attached hydrogen (secondary N) is 1. The number of methoxy groups -OCH3 is 1. The molecular weight excluding hydrogens is 282 g/mol. The van der Waals surface area contributed by atoms with Crippen molar-refractivity contribution in [3.05, 3.63) is 35.6 Å². The standard InChI is InChI=1S/C17H21NO4/c1-10-6-7-13-11(8-10)9-15(22-13)17(20)18-12-4-3-5-14(21-2)16(12)19/h6-9,12,14,16,19H,3-5H2,1-2H3,(H,18,20)/t12-,14-,16-/m1/s1. The van der Waals surface area contributed by atoms with E-state index in [0.717, 1.165) is 30.2 Å². The van der Waals surface area contributed by atoms with Gasteiger partial charge in [-0.15, -0.1) is 0 Å². The van der Waals surface area contributed by atoms with Crippen LogP contribution in [0.4, 0.5) is 0 Å². The average Bonchev–Trinajstić information content (AvgIpc) is 2.92. The van der Waals surface area contributed by atoms with Gasteiger partial charge in [-0.1, -0.05) is 11.6 Å². The minimum atomic E-state index is -0.686. The Hall–Kier alpha value is -1.85. The van der Waals surface area contributed by atoms with Crippen LogP contribution >= 0.6 is 0 Å². The van der Waals surface area contributed by atoms with E-state index in [1.54, 1.807) is 13.2 Å². The molecule has 1 fully saturated rings. The van der Waals surface area contributed by atoms with Gasteiger partial charge in [0, 0.05) is 12.5 Å². The van der Waals surface area contributed by atoms with Gasteiger partial charge in [0.15, 0.2) is 5.76 Å². The fraction of sp³-hybridized carbons (Fsp3) is 0.471. The Labute approximate surface area is 129 Å². The number of rotatable bonds is 3. The van der Waals surface area contributed by atoms with Gasteiger partial charge in [0.25, 0.3) is 5.91 Å². The third-order valence-electron chi connectivity index (χ3n) is 4.31. The van der Waals surface area contributed by atoms with Crippen molar-refractivity contribution in [2.24, 2.45) is 0 Å². The highest BCUT2D eigenvalue weighted by Crippen LogP contribution is 2.23. The summed E-state index contributed by atoms with van der Waals surface area (Å²) in [5, 5.41) is 14.0. The van der Waals surface area contributed by atoms with E-state index in [9.17, 15) is 9.90 Å². The molecule has 5 nitrogen and oxygen atoms in total. The summed E-state index contributed by atoms with van der Waals surface area (Å²) in [4.78, 5) is 12.4. The summed E-state index contributed by atoms with van der Waals surface area (Å²) in [5.74, 6) is -0.0259. The summed E-state index contributed by atoms with van der Waals surface area (Å²) in [6, 6.07) is 7.22. The molecule has 1 amide bonds. The Morgan fingerprint density at radius 3 is 2.95 bits per heavy atom. The van der Waals surface area contributed by atoms with E-state index in [1.165, 1.54) is 0 Å². The highest BCUT2D eigenvalue weighted by molar-refractivity contribution is 5.96. The van der Waals surface area contributed by atoms with Crippen LogP contribution in [0.3, 0.4) is 0 Å². The molecule has 1 aliphatic carbocycles. The number of aliphatic hydroxyl groups is 1. The van der Waals surface area contributed by atoms with Gasteiger partial charge < -0.3 is 19.6 Å². The van der Waals surface area contributed by atoms with Crippen LogP contribution in [0.15, 0.2) is 28.7 Å². The number of aliphatic hydroxyl groups excluding tert-OH is 1. The van der Waals surface area contributed by atoms with Crippen LogP contribution < -0.4 is 5.32 Å². The van der Waals surface area contributed by atoms with Gasteiger partial charge in [0.2, 0.25) is 0 Å². The molecule has 1 aliphatic rings. The second-order valence-corrected chi connectivity index (χ2v) is 5.93. The molecule has 0 bridgehead atoms. The van der Waals surface area contributed by atoms with Crippen LogP contribution in [0.25, 0.3) is 11.0 Å². The average molecular weight is 303 g/mol. The Kier molecular flexibility index (Phi) is 4.18. The van der Waals surface area contributed by atoms with Crippen LogP contribution in [0.1, 0.15) is 35.4 Å². The number of amides is 1. The maximum Gasteiger partial charge on any atom is 0.287 e. The van der Waals surface area contributed by atoms with Gasteiger partial charge in [-0.25, -0.2) is 0 Å². The third kappa shape index (κ3) is 2.87. The van der Waals surface area contributed by atoms with Crippen LogP contribution in [-0.2, 0) is 4.74 Å². The summed E-state index contributed by atoms with van der Waals surface area (Å²) in [7, 11) is 1.58. The normalized spacial score (nSPS) is 25.3. The first-order valence-corrected chi connectivity index (χ1v) is 7.60. The van der Waals surface area contributed by atoms with Crippen molar-refractivity contribution in [2.45, 2.75) is 44.4 Å². The molecule has 2 aromatic rings. The van der Waals surface area contributed by atoms with Crippen molar-refractivity contribution in [2.75, 3.05) is 7.11 Å². The number of carbonyl (C=O) groups is 1. The Morgan fingerprint density at radius 1 is 1.36 bits per heavy atom. The fourth-order valence-electron chi connectivity index (χ4n) is 3.07. The predicted octanol–water partition coefficient (Wildman–Crippen LogP) is 2.40. The molecule has 0 saturated heterocycles. The minimum Gasteiger partial charge on any atom is -0.451 e. The van der Waals surface area contributed by atoms with Gasteiger partial charge in [0.1, 0.15) is 11.7 Å². The molecule has 1 aromatic heterocycles. The van der Waals surface area contributed by atoms with Gasteiger partial charge >= 0.3 is 0 Å². The molecular formula is C17H21NO4. The SMILES string of the molecule is CO[C@@H]1CCC[C@@H](NC(=O)c2cc3cc(C)ccc3o2)[C@H]1O. The number of aryl methyl sites for hydroxylation is 1. The van der Waals surface area contributed by atoms with Crippen molar-refractivity contribution in [3.63, 3.8) is 0 Å². The van der Waals surface area contributed by atoms with Crippen LogP contribution in [0, 0.1) is 6.92 Å². The van der Waals surface area contributed by atoms with E-state index in [2.05, 4.69) is 5.32 Å². The number of ether oxygens (including phenoxy) is 1. The van der Waals surface area contributed by atoms with Crippen LogP contribution in [-0.4, -0.2) is 36.4 Å². The van der Waals surface area contributed by atoms with Gasteiger partial charge in [-0.3, -0.25) is 4.79 Å². The van der Waals surface area contributed by atoms with E-state index in [0.29, 0.717) is 5.58 Å². The zero-order valence-electron chi connectivity index (χ0n) is 12.8. The zero-order chi connectivity index (χ0) is 15.7. The first-order chi connectivity index (χ1) is 10.6. The molecule has 0 aliphatic heterocycles. The summed E-state index contributed by atoms with van der Waals surface area (Å²) >= 11 is 0. The number of benzene rings is 1. The zero-order valence-corrected chi connectivity index (χ0v) is 12.8. The van der Waals surface area contributed by atoms with Gasteiger partial charge in [-0.05, 0) is 44.4 Å².